The Hall–Kier alpha value is -4.17. The first-order chi connectivity index (χ1) is 17.4. The van der Waals surface area contributed by atoms with Crippen LogP contribution in [-0.4, -0.2) is 25.1 Å². The van der Waals surface area contributed by atoms with Crippen LogP contribution >= 0.6 is 11.3 Å². The van der Waals surface area contributed by atoms with Crippen molar-refractivity contribution in [3.8, 4) is 11.5 Å². The van der Waals surface area contributed by atoms with Crippen molar-refractivity contribution in [3.05, 3.63) is 92.8 Å². The number of ether oxygens (including phenoxy) is 2. The molecule has 2 aromatic heterocycles. The summed E-state index contributed by atoms with van der Waals surface area (Å²) in [5.74, 6) is 0.678. The van der Waals surface area contributed by atoms with E-state index in [1.54, 1.807) is 55.5 Å². The summed E-state index contributed by atoms with van der Waals surface area (Å²) in [6, 6.07) is 15.7. The summed E-state index contributed by atoms with van der Waals surface area (Å²) in [4.78, 5) is 34.1. The lowest BCUT2D eigenvalue weighted by Gasteiger charge is -2.23. The van der Waals surface area contributed by atoms with Crippen LogP contribution < -0.4 is 19.8 Å². The Morgan fingerprint density at radius 1 is 0.972 bits per heavy atom. The molecule has 3 aromatic carbocycles. The number of aromatic nitrogens is 1. The maximum absolute atomic E-state index is 13.9. The highest BCUT2D eigenvalue weighted by atomic mass is 32.1. The van der Waals surface area contributed by atoms with Gasteiger partial charge in [0.1, 0.15) is 5.58 Å². The average molecular weight is 499 g/mol. The molecule has 1 amide bonds. The van der Waals surface area contributed by atoms with Gasteiger partial charge in [0.2, 0.25) is 5.76 Å². The minimum Gasteiger partial charge on any atom is -0.493 e. The van der Waals surface area contributed by atoms with Crippen molar-refractivity contribution < 1.29 is 18.7 Å². The molecule has 1 unspecified atom stereocenters. The van der Waals surface area contributed by atoms with Gasteiger partial charge < -0.3 is 13.9 Å². The second kappa shape index (κ2) is 8.20. The molecule has 0 fully saturated rings. The Morgan fingerprint density at radius 3 is 2.53 bits per heavy atom. The van der Waals surface area contributed by atoms with Gasteiger partial charge in [-0.3, -0.25) is 14.5 Å². The number of amides is 1. The van der Waals surface area contributed by atoms with E-state index in [2.05, 4.69) is 12.1 Å². The Labute approximate surface area is 210 Å². The normalized spacial score (nSPS) is 15.1. The van der Waals surface area contributed by atoms with E-state index in [0.717, 1.165) is 21.3 Å². The number of nitrogens with zero attached hydrogens (tertiary/aromatic N) is 2. The molecule has 0 radical (unpaired) electrons. The number of fused-ring (bicyclic) bond motifs is 3. The molecule has 5 aromatic rings. The van der Waals surface area contributed by atoms with E-state index in [1.807, 2.05) is 19.9 Å². The fraction of sp³-hybridized carbons (Fsp3) is 0.179. The molecule has 0 saturated carbocycles. The van der Waals surface area contributed by atoms with Crippen molar-refractivity contribution in [2.75, 3.05) is 19.1 Å². The van der Waals surface area contributed by atoms with Gasteiger partial charge in [0, 0.05) is 0 Å². The molecular weight excluding hydrogens is 476 g/mol. The van der Waals surface area contributed by atoms with Gasteiger partial charge in [-0.1, -0.05) is 35.6 Å². The summed E-state index contributed by atoms with van der Waals surface area (Å²) in [6.07, 6.45) is 0. The van der Waals surface area contributed by atoms with Crippen LogP contribution in [0.3, 0.4) is 0 Å². The zero-order chi connectivity index (χ0) is 25.1. The van der Waals surface area contributed by atoms with Crippen LogP contribution in [0.5, 0.6) is 11.5 Å². The quantitative estimate of drug-likeness (QED) is 0.312. The predicted octanol–water partition coefficient (Wildman–Crippen LogP) is 5.79. The summed E-state index contributed by atoms with van der Waals surface area (Å²) in [6.45, 7) is 4.03. The largest absolute Gasteiger partial charge is 0.493 e. The third-order valence-electron chi connectivity index (χ3n) is 6.53. The van der Waals surface area contributed by atoms with Gasteiger partial charge in [0.05, 0.1) is 41.4 Å². The molecule has 1 atom stereocenters. The van der Waals surface area contributed by atoms with Crippen molar-refractivity contribution >= 4 is 43.6 Å². The first-order valence-electron chi connectivity index (χ1n) is 11.4. The summed E-state index contributed by atoms with van der Waals surface area (Å²) in [7, 11) is 3.11. The predicted molar refractivity (Wildman–Crippen MR) is 140 cm³/mol. The highest BCUT2D eigenvalue weighted by Gasteiger charge is 2.45. The molecule has 1 aliphatic rings. The fourth-order valence-electron chi connectivity index (χ4n) is 4.92. The molecule has 0 bridgehead atoms. The van der Waals surface area contributed by atoms with Crippen LogP contribution in [0.15, 0.2) is 63.8 Å². The first kappa shape index (κ1) is 22.3. The third kappa shape index (κ3) is 3.21. The van der Waals surface area contributed by atoms with Crippen molar-refractivity contribution in [2.45, 2.75) is 19.9 Å². The monoisotopic (exact) mass is 498 g/mol. The Balaban J connectivity index is 1.64. The molecule has 36 heavy (non-hydrogen) atoms. The maximum Gasteiger partial charge on any atom is 0.297 e. The zero-order valence-corrected chi connectivity index (χ0v) is 20.9. The minimum absolute atomic E-state index is 0.0330. The van der Waals surface area contributed by atoms with Gasteiger partial charge in [0.25, 0.3) is 5.91 Å². The van der Waals surface area contributed by atoms with Crippen LogP contribution in [0.25, 0.3) is 21.2 Å². The Morgan fingerprint density at radius 2 is 1.75 bits per heavy atom. The molecule has 0 aliphatic carbocycles. The molecule has 1 aliphatic heterocycles. The van der Waals surface area contributed by atoms with E-state index in [9.17, 15) is 9.59 Å². The highest BCUT2D eigenvalue weighted by molar-refractivity contribution is 7.22. The third-order valence-corrected chi connectivity index (χ3v) is 7.53. The second-order valence-corrected chi connectivity index (χ2v) is 9.80. The second-order valence-electron chi connectivity index (χ2n) is 8.79. The lowest BCUT2D eigenvalue weighted by Crippen LogP contribution is -2.29. The highest BCUT2D eigenvalue weighted by Crippen LogP contribution is 2.45. The minimum atomic E-state index is -0.741. The average Bonchev–Trinajstić information content (AvgIpc) is 3.42. The summed E-state index contributed by atoms with van der Waals surface area (Å²) in [5.41, 5.74) is 4.09. The van der Waals surface area contributed by atoms with E-state index in [-0.39, 0.29) is 16.8 Å². The number of carbonyl (C=O) groups is 1. The number of rotatable bonds is 4. The van der Waals surface area contributed by atoms with Crippen LogP contribution in [0.2, 0.25) is 0 Å². The van der Waals surface area contributed by atoms with Gasteiger partial charge in [0.15, 0.2) is 22.1 Å². The molecule has 7 nitrogen and oxygen atoms in total. The topological polar surface area (TPSA) is 81.9 Å². The number of benzene rings is 3. The first-order valence-corrected chi connectivity index (χ1v) is 12.2. The number of hydrogen-bond donors (Lipinski definition) is 0. The molecule has 0 saturated heterocycles. The fourth-order valence-corrected chi connectivity index (χ4v) is 6.09. The zero-order valence-electron chi connectivity index (χ0n) is 20.1. The van der Waals surface area contributed by atoms with Crippen LogP contribution in [-0.2, 0) is 0 Å². The molecule has 3 heterocycles. The van der Waals surface area contributed by atoms with Gasteiger partial charge in [-0.25, -0.2) is 4.98 Å². The number of thiazole rings is 1. The number of para-hydroxylation sites is 1. The van der Waals surface area contributed by atoms with Crippen molar-refractivity contribution in [2.24, 2.45) is 0 Å². The van der Waals surface area contributed by atoms with E-state index >= 15 is 0 Å². The van der Waals surface area contributed by atoms with E-state index in [4.69, 9.17) is 18.9 Å². The molecule has 180 valence electrons. The molecule has 8 heteroatoms. The smallest absolute Gasteiger partial charge is 0.297 e. The SMILES string of the molecule is COc1ccc(C2c3c(oc4ccccc4c3=O)C(=O)N2c2nc3c(C)cc(C)cc3s2)cc1OC. The van der Waals surface area contributed by atoms with Crippen molar-refractivity contribution in [1.82, 2.24) is 4.98 Å². The van der Waals surface area contributed by atoms with Gasteiger partial charge in [-0.15, -0.1) is 0 Å². The number of hydrogen-bond acceptors (Lipinski definition) is 7. The van der Waals surface area contributed by atoms with Gasteiger partial charge in [-0.2, -0.15) is 0 Å². The number of methoxy groups -OCH3 is 2. The lowest BCUT2D eigenvalue weighted by molar-refractivity contribution is 0.0971. The summed E-state index contributed by atoms with van der Waals surface area (Å²) < 4.78 is 18.0. The maximum atomic E-state index is 13.9. The van der Waals surface area contributed by atoms with Crippen LogP contribution in [0.4, 0.5) is 5.13 Å². The Bertz CT molecular complexity index is 1750. The van der Waals surface area contributed by atoms with E-state index < -0.39 is 11.9 Å². The summed E-state index contributed by atoms with van der Waals surface area (Å²) in [5, 5.41) is 0.922. The standard InChI is InChI=1S/C28H22N2O5S/c1-14-11-15(2)23-21(12-14)36-28(29-23)30-24(16-9-10-19(33-3)20(13-16)34-4)22-25(31)17-7-5-6-8-18(17)35-26(22)27(30)32/h5-13,24H,1-4H3. The number of aryl methyl sites for hydroxylation is 2. The van der Waals surface area contributed by atoms with Crippen LogP contribution in [0.1, 0.15) is 38.9 Å². The van der Waals surface area contributed by atoms with E-state index in [0.29, 0.717) is 33.2 Å². The van der Waals surface area contributed by atoms with Gasteiger partial charge >= 0.3 is 0 Å². The van der Waals surface area contributed by atoms with Crippen molar-refractivity contribution in [1.29, 1.82) is 0 Å². The molecule has 0 spiro atoms. The van der Waals surface area contributed by atoms with Crippen molar-refractivity contribution in [3.63, 3.8) is 0 Å². The van der Waals surface area contributed by atoms with E-state index in [1.165, 1.54) is 11.3 Å². The Kier molecular flexibility index (Phi) is 5.08. The number of anilines is 1. The summed E-state index contributed by atoms with van der Waals surface area (Å²) >= 11 is 1.42. The number of carbonyl (C=O) groups excluding carboxylic acids is 1. The molecule has 0 N–H and O–H groups in total. The molecule has 6 rings (SSSR count). The lowest BCUT2D eigenvalue weighted by atomic mass is 9.98. The van der Waals surface area contributed by atoms with Gasteiger partial charge in [-0.05, 0) is 60.9 Å². The van der Waals surface area contributed by atoms with Crippen LogP contribution in [0, 0.1) is 13.8 Å². The molecular formula is C28H22N2O5S.